The van der Waals surface area contributed by atoms with E-state index in [0.29, 0.717) is 19.8 Å². The summed E-state index contributed by atoms with van der Waals surface area (Å²) in [6.45, 7) is 3.89. The van der Waals surface area contributed by atoms with Gasteiger partial charge in [0.2, 0.25) is 0 Å². The smallest absolute Gasteiger partial charge is 0.177 e. The highest BCUT2D eigenvalue weighted by Gasteiger charge is 2.23. The molecule has 0 bridgehead atoms. The van der Waals surface area contributed by atoms with Crippen molar-refractivity contribution in [2.24, 2.45) is 0 Å². The summed E-state index contributed by atoms with van der Waals surface area (Å²) in [6, 6.07) is 10.1. The maximum atomic E-state index is 5.65. The Balaban J connectivity index is 1.79. The molecule has 0 amide bonds. The van der Waals surface area contributed by atoms with Crippen molar-refractivity contribution in [3.05, 3.63) is 42.0 Å². The van der Waals surface area contributed by atoms with Crippen LogP contribution in [0.1, 0.15) is 12.5 Å². The Hall–Kier alpha value is -1.16. The molecule has 92 valence electrons. The molecule has 0 radical (unpaired) electrons. The van der Waals surface area contributed by atoms with E-state index in [4.69, 9.17) is 14.2 Å². The van der Waals surface area contributed by atoms with Crippen molar-refractivity contribution >= 4 is 6.08 Å². The second-order valence-electron chi connectivity index (χ2n) is 3.89. The van der Waals surface area contributed by atoms with Crippen molar-refractivity contribution in [1.29, 1.82) is 0 Å². The molecule has 0 aliphatic carbocycles. The van der Waals surface area contributed by atoms with Gasteiger partial charge >= 0.3 is 0 Å². The van der Waals surface area contributed by atoms with E-state index in [9.17, 15) is 0 Å². The summed E-state index contributed by atoms with van der Waals surface area (Å²) in [5.41, 5.74) is 1.15. The standard InChI is InChI=1S/C14H18O3/c1-2-15-10-13-11-16-14(17-13)9-8-12-6-4-3-5-7-12/h3-9,13-14H,2,10-11H2,1H3/b9-8+/t13-,14-/m0/s1. The van der Waals surface area contributed by atoms with Gasteiger partial charge in [-0.1, -0.05) is 36.4 Å². The Bertz CT molecular complexity index is 348. The summed E-state index contributed by atoms with van der Waals surface area (Å²) in [6.07, 6.45) is 3.75. The molecule has 1 saturated heterocycles. The Morgan fingerprint density at radius 3 is 2.94 bits per heavy atom. The number of rotatable bonds is 5. The van der Waals surface area contributed by atoms with Crippen molar-refractivity contribution in [2.45, 2.75) is 19.3 Å². The molecule has 1 aliphatic rings. The van der Waals surface area contributed by atoms with Crippen LogP contribution in [0.5, 0.6) is 0 Å². The molecule has 1 aromatic rings. The Kier molecular flexibility index (Phi) is 4.74. The molecular weight excluding hydrogens is 216 g/mol. The molecule has 2 atom stereocenters. The average molecular weight is 234 g/mol. The number of hydrogen-bond acceptors (Lipinski definition) is 3. The molecule has 2 rings (SSSR count). The Morgan fingerprint density at radius 2 is 2.18 bits per heavy atom. The van der Waals surface area contributed by atoms with Gasteiger partial charge in [-0.05, 0) is 18.6 Å². The highest BCUT2D eigenvalue weighted by molar-refractivity contribution is 5.49. The topological polar surface area (TPSA) is 27.7 Å². The summed E-state index contributed by atoms with van der Waals surface area (Å²) in [5, 5.41) is 0. The van der Waals surface area contributed by atoms with Crippen LogP contribution in [0.15, 0.2) is 36.4 Å². The molecule has 0 spiro atoms. The van der Waals surface area contributed by atoms with Crippen LogP contribution in [-0.4, -0.2) is 32.2 Å². The zero-order chi connectivity index (χ0) is 11.9. The maximum absolute atomic E-state index is 5.65. The normalized spacial score (nSPS) is 24.5. The van der Waals surface area contributed by atoms with E-state index in [1.54, 1.807) is 0 Å². The minimum atomic E-state index is -0.249. The zero-order valence-corrected chi connectivity index (χ0v) is 10.0. The van der Waals surface area contributed by atoms with Gasteiger partial charge in [0.05, 0.1) is 13.2 Å². The van der Waals surface area contributed by atoms with E-state index in [1.807, 2.05) is 49.4 Å². The molecule has 1 fully saturated rings. The molecule has 0 saturated carbocycles. The second-order valence-corrected chi connectivity index (χ2v) is 3.89. The molecule has 1 heterocycles. The van der Waals surface area contributed by atoms with E-state index in [1.165, 1.54) is 0 Å². The predicted molar refractivity (Wildman–Crippen MR) is 66.6 cm³/mol. The molecule has 3 heteroatoms. The highest BCUT2D eigenvalue weighted by Crippen LogP contribution is 2.14. The van der Waals surface area contributed by atoms with E-state index >= 15 is 0 Å². The summed E-state index contributed by atoms with van der Waals surface area (Å²) < 4.78 is 16.4. The lowest BCUT2D eigenvalue weighted by Gasteiger charge is -2.08. The SMILES string of the molecule is CCOC[C@H]1CO[C@H](/C=C/c2ccccc2)O1. The summed E-state index contributed by atoms with van der Waals surface area (Å²) >= 11 is 0. The van der Waals surface area contributed by atoms with E-state index in [-0.39, 0.29) is 12.4 Å². The number of benzene rings is 1. The van der Waals surface area contributed by atoms with Crippen molar-refractivity contribution in [3.8, 4) is 0 Å². The van der Waals surface area contributed by atoms with Crippen LogP contribution >= 0.6 is 0 Å². The highest BCUT2D eigenvalue weighted by atomic mass is 16.7. The summed E-state index contributed by atoms with van der Waals surface area (Å²) in [4.78, 5) is 0. The van der Waals surface area contributed by atoms with Gasteiger partial charge in [0, 0.05) is 6.61 Å². The number of hydrogen-bond donors (Lipinski definition) is 0. The van der Waals surface area contributed by atoms with Gasteiger partial charge < -0.3 is 14.2 Å². The molecule has 17 heavy (non-hydrogen) atoms. The fraction of sp³-hybridized carbons (Fsp3) is 0.429. The minimum absolute atomic E-state index is 0.0559. The minimum Gasteiger partial charge on any atom is -0.379 e. The molecule has 3 nitrogen and oxygen atoms in total. The fourth-order valence-corrected chi connectivity index (χ4v) is 1.66. The summed E-state index contributed by atoms with van der Waals surface area (Å²) in [5.74, 6) is 0. The average Bonchev–Trinajstić information content (AvgIpc) is 2.83. The maximum Gasteiger partial charge on any atom is 0.177 e. The first kappa shape index (κ1) is 12.3. The van der Waals surface area contributed by atoms with E-state index < -0.39 is 0 Å². The first-order valence-electron chi connectivity index (χ1n) is 5.96. The predicted octanol–water partition coefficient (Wildman–Crippen LogP) is 2.48. The van der Waals surface area contributed by atoms with Crippen molar-refractivity contribution in [3.63, 3.8) is 0 Å². The van der Waals surface area contributed by atoms with Crippen LogP contribution in [0.25, 0.3) is 6.08 Å². The monoisotopic (exact) mass is 234 g/mol. The first-order valence-corrected chi connectivity index (χ1v) is 5.96. The van der Waals surface area contributed by atoms with Gasteiger partial charge in [0.1, 0.15) is 6.10 Å². The van der Waals surface area contributed by atoms with Crippen LogP contribution in [-0.2, 0) is 14.2 Å². The van der Waals surface area contributed by atoms with Crippen LogP contribution in [0.2, 0.25) is 0 Å². The van der Waals surface area contributed by atoms with Crippen molar-refractivity contribution in [1.82, 2.24) is 0 Å². The third kappa shape index (κ3) is 3.97. The Morgan fingerprint density at radius 1 is 1.35 bits per heavy atom. The van der Waals surface area contributed by atoms with Gasteiger partial charge in [-0.3, -0.25) is 0 Å². The lowest BCUT2D eigenvalue weighted by molar-refractivity contribution is -0.0382. The quantitative estimate of drug-likeness (QED) is 0.783. The van der Waals surface area contributed by atoms with Gasteiger partial charge in [0.25, 0.3) is 0 Å². The van der Waals surface area contributed by atoms with Gasteiger partial charge in [-0.25, -0.2) is 0 Å². The van der Waals surface area contributed by atoms with Crippen molar-refractivity contribution in [2.75, 3.05) is 19.8 Å². The van der Waals surface area contributed by atoms with Crippen LogP contribution in [0.4, 0.5) is 0 Å². The lowest BCUT2D eigenvalue weighted by atomic mass is 10.2. The van der Waals surface area contributed by atoms with Gasteiger partial charge in [-0.2, -0.15) is 0 Å². The van der Waals surface area contributed by atoms with E-state index in [0.717, 1.165) is 5.56 Å². The number of ether oxygens (including phenoxy) is 3. The summed E-state index contributed by atoms with van der Waals surface area (Å²) in [7, 11) is 0. The third-order valence-corrected chi connectivity index (χ3v) is 2.53. The van der Waals surface area contributed by atoms with Gasteiger partial charge in [0.15, 0.2) is 6.29 Å². The molecular formula is C14H18O3. The largest absolute Gasteiger partial charge is 0.379 e. The lowest BCUT2D eigenvalue weighted by Crippen LogP contribution is -2.18. The van der Waals surface area contributed by atoms with Crippen LogP contribution in [0.3, 0.4) is 0 Å². The second kappa shape index (κ2) is 6.55. The van der Waals surface area contributed by atoms with Crippen LogP contribution in [0, 0.1) is 0 Å². The first-order chi connectivity index (χ1) is 8.38. The van der Waals surface area contributed by atoms with Crippen molar-refractivity contribution < 1.29 is 14.2 Å². The van der Waals surface area contributed by atoms with E-state index in [2.05, 4.69) is 0 Å². The van der Waals surface area contributed by atoms with Gasteiger partial charge in [-0.15, -0.1) is 0 Å². The third-order valence-electron chi connectivity index (χ3n) is 2.53. The molecule has 1 aromatic carbocycles. The van der Waals surface area contributed by atoms with Crippen LogP contribution < -0.4 is 0 Å². The zero-order valence-electron chi connectivity index (χ0n) is 10.0. The molecule has 0 unspecified atom stereocenters. The molecule has 0 N–H and O–H groups in total. The fourth-order valence-electron chi connectivity index (χ4n) is 1.66. The Labute approximate surface area is 102 Å². The molecule has 0 aromatic heterocycles. The molecule has 1 aliphatic heterocycles.